The van der Waals surface area contributed by atoms with E-state index in [4.69, 9.17) is 0 Å². The first-order valence-corrected chi connectivity index (χ1v) is 12.4. The molecule has 0 unspecified atom stereocenters. The van der Waals surface area contributed by atoms with Gasteiger partial charge in [-0.25, -0.2) is 9.59 Å². The van der Waals surface area contributed by atoms with Crippen molar-refractivity contribution in [1.29, 1.82) is 0 Å². The predicted molar refractivity (Wildman–Crippen MR) is 145 cm³/mol. The van der Waals surface area contributed by atoms with Gasteiger partial charge in [-0.2, -0.15) is 13.2 Å². The molecular formula is C29H32F3N3O3. The van der Waals surface area contributed by atoms with Crippen LogP contribution in [0.1, 0.15) is 42.6 Å². The van der Waals surface area contributed by atoms with E-state index in [1.54, 1.807) is 48.5 Å². The lowest BCUT2D eigenvalue weighted by molar-refractivity contribution is -0.135. The normalized spacial score (nSPS) is 11.3. The minimum atomic E-state index is -4.26. The zero-order valence-corrected chi connectivity index (χ0v) is 21.6. The molecule has 0 saturated heterocycles. The van der Waals surface area contributed by atoms with Crippen molar-refractivity contribution in [2.45, 2.75) is 39.8 Å². The molecule has 6 nitrogen and oxygen atoms in total. The van der Waals surface area contributed by atoms with Crippen molar-refractivity contribution in [2.75, 3.05) is 28.6 Å². The molecule has 0 aromatic heterocycles. The molecule has 3 aromatic carbocycles. The molecule has 2 amide bonds. The summed E-state index contributed by atoms with van der Waals surface area (Å²) in [6.07, 6.45) is -5.28. The van der Waals surface area contributed by atoms with Crippen LogP contribution in [0.3, 0.4) is 0 Å². The molecule has 3 rings (SSSR count). The summed E-state index contributed by atoms with van der Waals surface area (Å²) in [6, 6.07) is 18.3. The van der Waals surface area contributed by atoms with Crippen molar-refractivity contribution in [1.82, 2.24) is 0 Å². The Morgan fingerprint density at radius 2 is 1.66 bits per heavy atom. The van der Waals surface area contributed by atoms with Gasteiger partial charge in [0.1, 0.15) is 0 Å². The predicted octanol–water partition coefficient (Wildman–Crippen LogP) is 7.81. The number of nitrogens with zero attached hydrogens (tertiary/aromatic N) is 1. The Morgan fingerprint density at radius 3 is 2.29 bits per heavy atom. The van der Waals surface area contributed by atoms with Crippen LogP contribution in [-0.2, 0) is 0 Å². The highest BCUT2D eigenvalue weighted by Gasteiger charge is 2.27. The third-order valence-corrected chi connectivity index (χ3v) is 5.84. The lowest BCUT2D eigenvalue weighted by atomic mass is 9.98. The molecule has 202 valence electrons. The summed E-state index contributed by atoms with van der Waals surface area (Å²) in [5, 5.41) is 15.2. The average molecular weight is 528 g/mol. The number of hydrogen-bond acceptors (Lipinski definition) is 3. The Kier molecular flexibility index (Phi) is 9.39. The number of carboxylic acids is 1. The van der Waals surface area contributed by atoms with Crippen molar-refractivity contribution < 1.29 is 27.9 Å². The summed E-state index contributed by atoms with van der Waals surface area (Å²) < 4.78 is 38.6. The first-order chi connectivity index (χ1) is 17.9. The van der Waals surface area contributed by atoms with Crippen molar-refractivity contribution in [3.63, 3.8) is 0 Å². The van der Waals surface area contributed by atoms with Gasteiger partial charge in [-0.3, -0.25) is 0 Å². The summed E-state index contributed by atoms with van der Waals surface area (Å²) in [6.45, 7) is 6.46. The van der Waals surface area contributed by atoms with Gasteiger partial charge in [0.2, 0.25) is 0 Å². The van der Waals surface area contributed by atoms with Gasteiger partial charge in [0.05, 0.1) is 16.9 Å². The number of carbonyl (C=O) groups is 2. The second-order valence-electron chi connectivity index (χ2n) is 9.59. The van der Waals surface area contributed by atoms with Crippen molar-refractivity contribution >= 4 is 29.1 Å². The maximum Gasteiger partial charge on any atom is 0.389 e. The molecule has 0 radical (unpaired) electrons. The SMILES string of the molecule is Cc1ccc(NC(=O)Nc2cc(-c3ccccc3C(=O)O)ccc2N(CCCC(F)(F)F)CC(C)C)cc1. The molecule has 38 heavy (non-hydrogen) atoms. The van der Waals surface area contributed by atoms with Crippen LogP contribution in [0.4, 0.5) is 35.0 Å². The van der Waals surface area contributed by atoms with E-state index in [0.717, 1.165) is 5.56 Å². The second kappa shape index (κ2) is 12.5. The third kappa shape index (κ3) is 8.26. The molecule has 0 aliphatic carbocycles. The number of halogens is 3. The molecule has 3 aromatic rings. The quantitative estimate of drug-likeness (QED) is 0.251. The van der Waals surface area contributed by atoms with Crippen LogP contribution >= 0.6 is 0 Å². The highest BCUT2D eigenvalue weighted by molar-refractivity contribution is 6.03. The van der Waals surface area contributed by atoms with Gasteiger partial charge >= 0.3 is 18.2 Å². The molecule has 0 bridgehead atoms. The van der Waals surface area contributed by atoms with Crippen LogP contribution in [0.2, 0.25) is 0 Å². The zero-order chi connectivity index (χ0) is 27.9. The molecule has 0 heterocycles. The Morgan fingerprint density at radius 1 is 0.974 bits per heavy atom. The van der Waals surface area contributed by atoms with E-state index in [9.17, 15) is 27.9 Å². The number of hydrogen-bond donors (Lipinski definition) is 3. The number of rotatable bonds is 10. The van der Waals surface area contributed by atoms with E-state index in [1.165, 1.54) is 6.07 Å². The zero-order valence-electron chi connectivity index (χ0n) is 21.6. The summed E-state index contributed by atoms with van der Waals surface area (Å²) in [5.74, 6) is -0.951. The smallest absolute Gasteiger partial charge is 0.389 e. The lowest BCUT2D eigenvalue weighted by Crippen LogP contribution is -2.31. The summed E-state index contributed by atoms with van der Waals surface area (Å²) in [7, 11) is 0. The summed E-state index contributed by atoms with van der Waals surface area (Å²) in [4.78, 5) is 26.6. The highest BCUT2D eigenvalue weighted by Crippen LogP contribution is 2.34. The highest BCUT2D eigenvalue weighted by atomic mass is 19.4. The second-order valence-corrected chi connectivity index (χ2v) is 9.59. The largest absolute Gasteiger partial charge is 0.478 e. The molecule has 0 atom stereocenters. The van der Waals surface area contributed by atoms with Gasteiger partial charge in [-0.15, -0.1) is 0 Å². The lowest BCUT2D eigenvalue weighted by Gasteiger charge is -2.29. The van der Waals surface area contributed by atoms with Crippen molar-refractivity contribution in [3.8, 4) is 11.1 Å². The molecule has 0 spiro atoms. The Hall–Kier alpha value is -4.01. The van der Waals surface area contributed by atoms with Gasteiger partial charge in [0, 0.05) is 25.2 Å². The van der Waals surface area contributed by atoms with Gasteiger partial charge in [-0.05, 0) is 60.7 Å². The summed E-state index contributed by atoms with van der Waals surface area (Å²) >= 11 is 0. The van der Waals surface area contributed by atoms with Gasteiger partial charge in [-0.1, -0.05) is 55.8 Å². The van der Waals surface area contributed by atoms with Crippen LogP contribution in [0, 0.1) is 12.8 Å². The number of aromatic carboxylic acids is 1. The standard InChI is InChI=1S/C29H32F3N3O3/c1-19(2)18-35(16-6-15-29(30,31)32)26-14-11-21(23-7-4-5-8-24(23)27(36)37)17-25(26)34-28(38)33-22-12-9-20(3)10-13-22/h4-5,7-14,17,19H,6,15-16,18H2,1-3H3,(H,36,37)(H2,33,34,38). The molecule has 0 saturated carbocycles. The number of carboxylic acid groups (broad SMARTS) is 1. The third-order valence-electron chi connectivity index (χ3n) is 5.84. The first-order valence-electron chi connectivity index (χ1n) is 12.4. The van der Waals surface area contributed by atoms with Crippen LogP contribution in [0.5, 0.6) is 0 Å². The first kappa shape index (κ1) is 28.6. The monoisotopic (exact) mass is 527 g/mol. The van der Waals surface area contributed by atoms with E-state index in [1.807, 2.05) is 37.8 Å². The van der Waals surface area contributed by atoms with E-state index in [2.05, 4.69) is 10.6 Å². The van der Waals surface area contributed by atoms with Crippen LogP contribution in [0.15, 0.2) is 66.7 Å². The van der Waals surface area contributed by atoms with Crippen LogP contribution in [-0.4, -0.2) is 36.4 Å². The van der Waals surface area contributed by atoms with E-state index in [-0.39, 0.29) is 24.4 Å². The maximum absolute atomic E-state index is 12.9. The molecule has 3 N–H and O–H groups in total. The number of nitrogens with one attached hydrogen (secondary N) is 2. The molecule has 0 fully saturated rings. The van der Waals surface area contributed by atoms with Crippen LogP contribution < -0.4 is 15.5 Å². The number of amides is 2. The number of benzene rings is 3. The molecular weight excluding hydrogens is 495 g/mol. The van der Waals surface area contributed by atoms with Gasteiger partial charge in [0.15, 0.2) is 0 Å². The summed E-state index contributed by atoms with van der Waals surface area (Å²) in [5.41, 5.74) is 3.63. The molecule has 0 aliphatic heterocycles. The number of carbonyl (C=O) groups excluding carboxylic acids is 1. The van der Waals surface area contributed by atoms with Gasteiger partial charge in [0.25, 0.3) is 0 Å². The Labute approximate surface area is 220 Å². The van der Waals surface area contributed by atoms with E-state index < -0.39 is 24.6 Å². The molecule has 0 aliphatic rings. The Balaban J connectivity index is 2.00. The topological polar surface area (TPSA) is 81.7 Å². The minimum Gasteiger partial charge on any atom is -0.478 e. The fourth-order valence-corrected chi connectivity index (χ4v) is 4.14. The molecule has 9 heteroatoms. The number of alkyl halides is 3. The fraction of sp³-hybridized carbons (Fsp3) is 0.310. The fourth-order valence-electron chi connectivity index (χ4n) is 4.14. The number of anilines is 3. The van der Waals surface area contributed by atoms with Crippen molar-refractivity contribution in [2.24, 2.45) is 5.92 Å². The van der Waals surface area contributed by atoms with Crippen molar-refractivity contribution in [3.05, 3.63) is 77.9 Å². The average Bonchev–Trinajstić information content (AvgIpc) is 2.84. The van der Waals surface area contributed by atoms with Crippen LogP contribution in [0.25, 0.3) is 11.1 Å². The van der Waals surface area contributed by atoms with E-state index >= 15 is 0 Å². The van der Waals surface area contributed by atoms with E-state index in [0.29, 0.717) is 34.7 Å². The Bertz CT molecular complexity index is 1260. The van der Waals surface area contributed by atoms with Gasteiger partial charge < -0.3 is 20.6 Å². The maximum atomic E-state index is 12.9. The number of urea groups is 1. The minimum absolute atomic E-state index is 0.0968. The number of aryl methyl sites for hydroxylation is 1.